The third-order valence-electron chi connectivity index (χ3n) is 7.95. The molecule has 3 aromatic carbocycles. The third kappa shape index (κ3) is 6.84. The zero-order valence-electron chi connectivity index (χ0n) is 24.0. The molecule has 0 saturated carbocycles. The average Bonchev–Trinajstić information content (AvgIpc) is 3.26. The summed E-state index contributed by atoms with van der Waals surface area (Å²) in [6.07, 6.45) is 1.42. The molecule has 11 heteroatoms. The van der Waals surface area contributed by atoms with E-state index < -0.39 is 5.54 Å². The lowest BCUT2D eigenvalue weighted by atomic mass is 9.85. The monoisotopic (exact) mass is 623 g/mol. The van der Waals surface area contributed by atoms with E-state index in [0.29, 0.717) is 67.0 Å². The zero-order valence-corrected chi connectivity index (χ0v) is 25.5. The molecule has 226 valence electrons. The number of piperidine rings is 1. The van der Waals surface area contributed by atoms with Crippen LogP contribution in [-0.2, 0) is 16.0 Å². The largest absolute Gasteiger partial charge is 0.492 e. The van der Waals surface area contributed by atoms with Gasteiger partial charge in [-0.05, 0) is 68.1 Å². The molecule has 3 aromatic rings. The van der Waals surface area contributed by atoms with E-state index in [0.717, 1.165) is 11.3 Å². The van der Waals surface area contributed by atoms with E-state index in [9.17, 15) is 14.4 Å². The van der Waals surface area contributed by atoms with Gasteiger partial charge in [0.25, 0.3) is 5.91 Å². The molecule has 0 aromatic heterocycles. The molecule has 2 N–H and O–H groups in total. The molecule has 5 rings (SSSR count). The summed E-state index contributed by atoms with van der Waals surface area (Å²) in [5.41, 5.74) is 1.54. The van der Waals surface area contributed by atoms with E-state index in [-0.39, 0.29) is 31.1 Å². The first kappa shape index (κ1) is 30.5. The minimum absolute atomic E-state index is 0.0588. The fourth-order valence-electron chi connectivity index (χ4n) is 5.74. The van der Waals surface area contributed by atoms with Crippen molar-refractivity contribution < 1.29 is 19.1 Å². The fourth-order valence-corrected chi connectivity index (χ4v) is 6.24. The van der Waals surface area contributed by atoms with Gasteiger partial charge in [-0.3, -0.25) is 9.59 Å². The molecule has 0 atom stereocenters. The molecule has 2 aliphatic heterocycles. The summed E-state index contributed by atoms with van der Waals surface area (Å²) >= 11 is 12.2. The van der Waals surface area contributed by atoms with E-state index >= 15 is 0 Å². The predicted octanol–water partition coefficient (Wildman–Crippen LogP) is 5.42. The number of anilines is 2. The van der Waals surface area contributed by atoms with Crippen LogP contribution >= 0.6 is 23.2 Å². The van der Waals surface area contributed by atoms with Crippen molar-refractivity contribution >= 4 is 52.4 Å². The Labute approximate surface area is 261 Å². The van der Waals surface area contributed by atoms with Crippen LogP contribution < -0.4 is 20.3 Å². The number of nitrogens with zero attached hydrogens (tertiary/aromatic N) is 3. The molecule has 0 bridgehead atoms. The van der Waals surface area contributed by atoms with E-state index in [4.69, 9.17) is 27.9 Å². The minimum Gasteiger partial charge on any atom is -0.492 e. The molecule has 4 amide bonds. The Hall–Kier alpha value is -3.95. The molecule has 0 radical (unpaired) electrons. The maximum absolute atomic E-state index is 14.0. The van der Waals surface area contributed by atoms with Gasteiger partial charge in [0, 0.05) is 35.4 Å². The number of amides is 4. The van der Waals surface area contributed by atoms with Crippen molar-refractivity contribution in [3.63, 3.8) is 0 Å². The first-order valence-corrected chi connectivity index (χ1v) is 15.2. The Morgan fingerprint density at radius 3 is 2.42 bits per heavy atom. The summed E-state index contributed by atoms with van der Waals surface area (Å²) in [7, 11) is 0. The highest BCUT2D eigenvalue weighted by Crippen LogP contribution is 2.39. The van der Waals surface area contributed by atoms with Crippen molar-refractivity contribution in [1.82, 2.24) is 15.1 Å². The van der Waals surface area contributed by atoms with Gasteiger partial charge in [0.15, 0.2) is 0 Å². The highest BCUT2D eigenvalue weighted by molar-refractivity contribution is 6.35. The van der Waals surface area contributed by atoms with Crippen LogP contribution in [0.25, 0.3) is 0 Å². The van der Waals surface area contributed by atoms with Crippen LogP contribution in [0.5, 0.6) is 5.75 Å². The number of benzene rings is 3. The molecule has 2 fully saturated rings. The maximum Gasteiger partial charge on any atom is 0.321 e. The van der Waals surface area contributed by atoms with Gasteiger partial charge in [0.05, 0.1) is 19.0 Å². The Balaban J connectivity index is 1.24. The Morgan fingerprint density at radius 1 is 0.977 bits per heavy atom. The van der Waals surface area contributed by atoms with Gasteiger partial charge in [0.2, 0.25) is 5.91 Å². The molecule has 1 spiro atoms. The lowest BCUT2D eigenvalue weighted by Gasteiger charge is -2.43. The van der Waals surface area contributed by atoms with Crippen molar-refractivity contribution in [3.8, 4) is 5.75 Å². The van der Waals surface area contributed by atoms with Crippen molar-refractivity contribution in [2.45, 2.75) is 31.7 Å². The smallest absolute Gasteiger partial charge is 0.321 e. The second-order valence-corrected chi connectivity index (χ2v) is 11.5. The van der Waals surface area contributed by atoms with Gasteiger partial charge in [-0.2, -0.15) is 0 Å². The maximum atomic E-state index is 14.0. The molecular weight excluding hydrogens is 589 g/mol. The van der Waals surface area contributed by atoms with Crippen LogP contribution in [0.2, 0.25) is 10.0 Å². The molecule has 2 saturated heterocycles. The standard InChI is InChI=1S/C32H35Cl2N5O4/c1-2-43-28-11-7-6-10-27(28)36-31(42)37-18-15-32(16-19-37)30(41)38(22-39(32)25-8-4-3-5-9-25)21-29(40)35-17-14-23-12-13-24(33)20-26(23)34/h3-13,20H,2,14-19,21-22H2,1H3,(H,35,40)(H,36,42). The number of urea groups is 1. The predicted molar refractivity (Wildman–Crippen MR) is 169 cm³/mol. The number of rotatable bonds is 9. The van der Waals surface area contributed by atoms with Crippen LogP contribution in [0.3, 0.4) is 0 Å². The summed E-state index contributed by atoms with van der Waals surface area (Å²) in [4.78, 5) is 45.5. The fraction of sp³-hybridized carbons (Fsp3) is 0.344. The van der Waals surface area contributed by atoms with E-state index in [1.807, 2.05) is 61.5 Å². The number of para-hydroxylation sites is 3. The zero-order chi connectivity index (χ0) is 30.4. The summed E-state index contributed by atoms with van der Waals surface area (Å²) < 4.78 is 5.64. The summed E-state index contributed by atoms with van der Waals surface area (Å²) in [5.74, 6) is 0.264. The average molecular weight is 625 g/mol. The lowest BCUT2D eigenvalue weighted by molar-refractivity contribution is -0.137. The first-order valence-electron chi connectivity index (χ1n) is 14.4. The minimum atomic E-state index is -0.849. The van der Waals surface area contributed by atoms with E-state index in [1.165, 1.54) is 0 Å². The number of ether oxygens (including phenoxy) is 1. The molecule has 2 heterocycles. The first-order chi connectivity index (χ1) is 20.8. The van der Waals surface area contributed by atoms with Gasteiger partial charge < -0.3 is 30.1 Å². The van der Waals surface area contributed by atoms with Crippen molar-refractivity contribution in [1.29, 1.82) is 0 Å². The number of halogens is 2. The third-order valence-corrected chi connectivity index (χ3v) is 8.54. The van der Waals surface area contributed by atoms with Crippen LogP contribution in [-0.4, -0.2) is 72.6 Å². The van der Waals surface area contributed by atoms with E-state index in [1.54, 1.807) is 28.0 Å². The van der Waals surface area contributed by atoms with E-state index in [2.05, 4.69) is 15.5 Å². The topological polar surface area (TPSA) is 94.2 Å². The number of carbonyl (C=O) groups is 3. The second kappa shape index (κ2) is 13.6. The normalized spacial score (nSPS) is 16.0. The molecular formula is C32H35Cl2N5O4. The van der Waals surface area contributed by atoms with Gasteiger partial charge >= 0.3 is 6.03 Å². The van der Waals surface area contributed by atoms with Crippen molar-refractivity contribution in [2.75, 3.05) is 49.7 Å². The van der Waals surface area contributed by atoms with Crippen LogP contribution in [0.4, 0.5) is 16.2 Å². The molecule has 43 heavy (non-hydrogen) atoms. The number of hydrogen-bond donors (Lipinski definition) is 2. The van der Waals surface area contributed by atoms with Crippen LogP contribution in [0.15, 0.2) is 72.8 Å². The summed E-state index contributed by atoms with van der Waals surface area (Å²) in [5, 5.41) is 6.97. The van der Waals surface area contributed by atoms with Gasteiger partial charge in [-0.1, -0.05) is 59.6 Å². The Morgan fingerprint density at radius 2 is 1.70 bits per heavy atom. The number of carbonyl (C=O) groups excluding carboxylic acids is 3. The van der Waals surface area contributed by atoms with Crippen LogP contribution in [0, 0.1) is 0 Å². The second-order valence-electron chi connectivity index (χ2n) is 10.6. The molecule has 0 unspecified atom stereocenters. The SMILES string of the molecule is CCOc1ccccc1NC(=O)N1CCC2(CC1)C(=O)N(CC(=O)NCCc1ccc(Cl)cc1Cl)CN2c1ccccc1. The Kier molecular flexibility index (Phi) is 9.62. The molecule has 2 aliphatic rings. The van der Waals surface area contributed by atoms with Gasteiger partial charge in [0.1, 0.15) is 17.8 Å². The summed E-state index contributed by atoms with van der Waals surface area (Å²) in [6.45, 7) is 3.77. The Bertz CT molecular complexity index is 1460. The quantitative estimate of drug-likeness (QED) is 0.332. The highest BCUT2D eigenvalue weighted by Gasteiger charge is 2.54. The number of nitrogens with one attached hydrogen (secondary N) is 2. The molecule has 9 nitrogen and oxygen atoms in total. The van der Waals surface area contributed by atoms with Gasteiger partial charge in [-0.15, -0.1) is 0 Å². The number of hydrogen-bond acceptors (Lipinski definition) is 5. The lowest BCUT2D eigenvalue weighted by Crippen LogP contribution is -2.58. The summed E-state index contributed by atoms with van der Waals surface area (Å²) in [6, 6.07) is 22.1. The number of likely N-dealkylation sites (tertiary alicyclic amines) is 1. The molecule has 0 aliphatic carbocycles. The van der Waals surface area contributed by atoms with Crippen molar-refractivity contribution in [2.24, 2.45) is 0 Å². The van der Waals surface area contributed by atoms with Crippen LogP contribution in [0.1, 0.15) is 25.3 Å². The van der Waals surface area contributed by atoms with Gasteiger partial charge in [-0.25, -0.2) is 4.79 Å². The van der Waals surface area contributed by atoms with Crippen molar-refractivity contribution in [3.05, 3.63) is 88.4 Å². The highest BCUT2D eigenvalue weighted by atomic mass is 35.5.